The average molecular weight is 501 g/mol. The zero-order valence-electron chi connectivity index (χ0n) is 17.5. The van der Waals surface area contributed by atoms with Gasteiger partial charge in [0.05, 0.1) is 10.8 Å². The molecule has 3 aliphatic rings. The Kier molecular flexibility index (Phi) is 6.78. The second kappa shape index (κ2) is 9.44. The topological polar surface area (TPSA) is 93.7 Å². The van der Waals surface area contributed by atoms with Crippen LogP contribution in [0.3, 0.4) is 0 Å². The molecule has 178 valence electrons. The molecular weight excluding hydrogens is 478 g/mol. The van der Waals surface area contributed by atoms with Gasteiger partial charge in [0.25, 0.3) is 5.91 Å². The average Bonchev–Trinajstić information content (AvgIpc) is 3.23. The summed E-state index contributed by atoms with van der Waals surface area (Å²) in [5.41, 5.74) is -0.572. The number of amides is 1. The highest BCUT2D eigenvalue weighted by Gasteiger charge is 2.57. The first-order chi connectivity index (χ1) is 15.6. The highest BCUT2D eigenvalue weighted by molar-refractivity contribution is 7.89. The third-order valence-electron chi connectivity index (χ3n) is 5.90. The molecule has 0 saturated heterocycles. The maximum Gasteiger partial charge on any atom is 0.258 e. The van der Waals surface area contributed by atoms with Gasteiger partial charge in [0.15, 0.2) is 6.61 Å². The van der Waals surface area contributed by atoms with Gasteiger partial charge in [-0.3, -0.25) is 4.79 Å². The number of halogens is 3. The van der Waals surface area contributed by atoms with Crippen molar-refractivity contribution in [2.75, 3.05) is 19.0 Å². The summed E-state index contributed by atoms with van der Waals surface area (Å²) in [7, 11) is -3.60. The molecule has 1 unspecified atom stereocenters. The van der Waals surface area contributed by atoms with E-state index in [0.29, 0.717) is 25.0 Å². The molecule has 0 aliphatic heterocycles. The molecular formula is C22H23ClF2N2O5S. The van der Waals surface area contributed by atoms with Crippen LogP contribution in [0.1, 0.15) is 19.3 Å². The maximum absolute atomic E-state index is 13.5. The molecule has 7 nitrogen and oxygen atoms in total. The Labute approximate surface area is 195 Å². The third-order valence-corrected chi connectivity index (χ3v) is 7.65. The van der Waals surface area contributed by atoms with E-state index in [2.05, 4.69) is 10.0 Å². The van der Waals surface area contributed by atoms with Gasteiger partial charge < -0.3 is 14.8 Å². The monoisotopic (exact) mass is 500 g/mol. The quantitative estimate of drug-likeness (QED) is 0.523. The largest absolute Gasteiger partial charge is 0.492 e. The molecule has 2 aromatic carbocycles. The van der Waals surface area contributed by atoms with E-state index < -0.39 is 27.2 Å². The molecule has 2 bridgehead atoms. The lowest BCUT2D eigenvalue weighted by molar-refractivity contribution is -0.124. The minimum absolute atomic E-state index is 0.0349. The summed E-state index contributed by atoms with van der Waals surface area (Å²) < 4.78 is 64.8. The zero-order valence-corrected chi connectivity index (χ0v) is 19.1. The van der Waals surface area contributed by atoms with E-state index in [0.717, 1.165) is 6.07 Å². The standard InChI is InChI=1S/C22H23ClF2N2O5S/c23-18-6-5-17(9-19(18)25)32-13-21(28)26-20-12-22(10-14(20)11-22)27-33(29,30)8-7-31-16-3-1-15(24)2-4-16/h1-6,9,14,20,27H,7-8,10-13H2,(H,26,28). The molecule has 3 aliphatic carbocycles. The molecule has 2 N–H and O–H groups in total. The van der Waals surface area contributed by atoms with Gasteiger partial charge in [0.2, 0.25) is 10.0 Å². The molecule has 0 heterocycles. The van der Waals surface area contributed by atoms with E-state index in [1.165, 1.54) is 36.4 Å². The van der Waals surface area contributed by atoms with E-state index >= 15 is 0 Å². The molecule has 1 amide bonds. The maximum atomic E-state index is 13.5. The fourth-order valence-corrected chi connectivity index (χ4v) is 5.85. The van der Waals surface area contributed by atoms with Crippen molar-refractivity contribution < 1.29 is 31.5 Å². The normalized spacial score (nSPS) is 23.6. The SMILES string of the molecule is O=C(COc1ccc(Cl)c(F)c1)NC1CC2(NS(=O)(=O)CCOc3ccc(F)cc3)CC1C2. The Morgan fingerprint density at radius 3 is 2.45 bits per heavy atom. The summed E-state index contributed by atoms with van der Waals surface area (Å²) in [5.74, 6) is -0.879. The number of carbonyl (C=O) groups excluding carboxylic acids is 1. The number of nitrogens with one attached hydrogen (secondary N) is 2. The molecule has 3 fully saturated rings. The van der Waals surface area contributed by atoms with Crippen LogP contribution in [0.25, 0.3) is 0 Å². The van der Waals surface area contributed by atoms with Crippen LogP contribution < -0.4 is 19.5 Å². The van der Waals surface area contributed by atoms with Crippen molar-refractivity contribution in [3.05, 3.63) is 59.1 Å². The fourth-order valence-electron chi connectivity index (χ4n) is 4.42. The van der Waals surface area contributed by atoms with Gasteiger partial charge in [-0.25, -0.2) is 21.9 Å². The predicted octanol–water partition coefficient (Wildman–Crippen LogP) is 3.03. The van der Waals surface area contributed by atoms with Crippen molar-refractivity contribution in [1.82, 2.24) is 10.0 Å². The van der Waals surface area contributed by atoms with Gasteiger partial charge in [-0.1, -0.05) is 11.6 Å². The number of hydrogen-bond donors (Lipinski definition) is 2. The van der Waals surface area contributed by atoms with Gasteiger partial charge in [-0.15, -0.1) is 0 Å². The summed E-state index contributed by atoms with van der Waals surface area (Å²) in [6.07, 6.45) is 1.76. The van der Waals surface area contributed by atoms with E-state index in [4.69, 9.17) is 21.1 Å². The summed E-state index contributed by atoms with van der Waals surface area (Å²) >= 11 is 5.62. The lowest BCUT2D eigenvalue weighted by Gasteiger charge is -2.38. The number of fused-ring (bicyclic) bond motifs is 1. The van der Waals surface area contributed by atoms with Gasteiger partial charge in [-0.2, -0.15) is 0 Å². The molecule has 33 heavy (non-hydrogen) atoms. The van der Waals surface area contributed by atoms with Crippen molar-refractivity contribution in [2.24, 2.45) is 5.92 Å². The number of rotatable bonds is 10. The number of ether oxygens (including phenoxy) is 2. The van der Waals surface area contributed by atoms with Gasteiger partial charge in [0, 0.05) is 17.6 Å². The first-order valence-corrected chi connectivity index (χ1v) is 12.4. The van der Waals surface area contributed by atoms with E-state index in [1.807, 2.05) is 0 Å². The van der Waals surface area contributed by atoms with Crippen LogP contribution in [0.2, 0.25) is 5.02 Å². The Morgan fingerprint density at radius 2 is 1.76 bits per heavy atom. The molecule has 0 radical (unpaired) electrons. The first-order valence-electron chi connectivity index (χ1n) is 10.4. The third kappa shape index (κ3) is 5.93. The second-order valence-electron chi connectivity index (χ2n) is 8.41. The van der Waals surface area contributed by atoms with Crippen LogP contribution in [0, 0.1) is 17.6 Å². The van der Waals surface area contributed by atoms with Crippen LogP contribution in [0.15, 0.2) is 42.5 Å². The summed E-state index contributed by atoms with van der Waals surface area (Å²) in [6, 6.07) is 9.09. The number of carbonyl (C=O) groups is 1. The van der Waals surface area contributed by atoms with Crippen molar-refractivity contribution in [1.29, 1.82) is 0 Å². The molecule has 0 aromatic heterocycles. The Bertz CT molecular complexity index is 1120. The first kappa shape index (κ1) is 23.7. The van der Waals surface area contributed by atoms with E-state index in [1.54, 1.807) is 0 Å². The summed E-state index contributed by atoms with van der Waals surface area (Å²) in [5, 5.41) is 2.84. The second-order valence-corrected chi connectivity index (χ2v) is 10.7. The smallest absolute Gasteiger partial charge is 0.258 e. The lowest BCUT2D eigenvalue weighted by atomic mass is 9.78. The molecule has 3 saturated carbocycles. The number of hydrogen-bond acceptors (Lipinski definition) is 5. The van der Waals surface area contributed by atoms with Crippen molar-refractivity contribution in [3.8, 4) is 11.5 Å². The highest BCUT2D eigenvalue weighted by atomic mass is 35.5. The molecule has 1 atom stereocenters. The van der Waals surface area contributed by atoms with Crippen LogP contribution in [0.4, 0.5) is 8.78 Å². The highest BCUT2D eigenvalue weighted by Crippen LogP contribution is 2.52. The summed E-state index contributed by atoms with van der Waals surface area (Å²) in [4.78, 5) is 12.2. The minimum atomic E-state index is -3.60. The minimum Gasteiger partial charge on any atom is -0.492 e. The van der Waals surface area contributed by atoms with Crippen LogP contribution in [-0.4, -0.2) is 44.9 Å². The van der Waals surface area contributed by atoms with Gasteiger partial charge in [-0.05, 0) is 61.6 Å². The van der Waals surface area contributed by atoms with Crippen LogP contribution >= 0.6 is 11.6 Å². The molecule has 11 heteroatoms. The Balaban J connectivity index is 1.21. The van der Waals surface area contributed by atoms with E-state index in [9.17, 15) is 22.0 Å². The summed E-state index contributed by atoms with van der Waals surface area (Å²) in [6.45, 7) is -0.354. The zero-order chi connectivity index (χ0) is 23.6. The molecule has 5 rings (SSSR count). The van der Waals surface area contributed by atoms with Crippen molar-refractivity contribution in [3.63, 3.8) is 0 Å². The van der Waals surface area contributed by atoms with Gasteiger partial charge in [0.1, 0.15) is 29.7 Å². The lowest BCUT2D eigenvalue weighted by Crippen LogP contribution is -2.52. The fraction of sp³-hybridized carbons (Fsp3) is 0.409. The van der Waals surface area contributed by atoms with Gasteiger partial charge >= 0.3 is 0 Å². The van der Waals surface area contributed by atoms with Crippen LogP contribution in [-0.2, 0) is 14.8 Å². The number of benzene rings is 2. The molecule has 0 spiro atoms. The van der Waals surface area contributed by atoms with E-state index in [-0.39, 0.29) is 47.6 Å². The van der Waals surface area contributed by atoms with Crippen LogP contribution in [0.5, 0.6) is 11.5 Å². The number of sulfonamides is 1. The Morgan fingerprint density at radius 1 is 1.06 bits per heavy atom. The Hall–Kier alpha value is -2.43. The predicted molar refractivity (Wildman–Crippen MR) is 118 cm³/mol. The van der Waals surface area contributed by atoms with Crippen molar-refractivity contribution >= 4 is 27.5 Å². The molecule has 2 aromatic rings. The van der Waals surface area contributed by atoms with Crippen molar-refractivity contribution in [2.45, 2.75) is 30.8 Å².